The molecular formula is C22H21F2NO2. The van der Waals surface area contributed by atoms with Crippen LogP contribution in [-0.4, -0.2) is 29.7 Å². The van der Waals surface area contributed by atoms with Gasteiger partial charge in [-0.1, -0.05) is 30.3 Å². The van der Waals surface area contributed by atoms with Crippen molar-refractivity contribution in [1.82, 2.24) is 4.90 Å². The number of ketones is 1. The van der Waals surface area contributed by atoms with Gasteiger partial charge in [0, 0.05) is 25.1 Å². The average Bonchev–Trinajstić information content (AvgIpc) is 2.70. The first kappa shape index (κ1) is 19.0. The summed E-state index contributed by atoms with van der Waals surface area (Å²) in [5.74, 6) is -2.23. The Morgan fingerprint density at radius 3 is 2.37 bits per heavy atom. The van der Waals surface area contributed by atoms with Gasteiger partial charge in [-0.2, -0.15) is 0 Å². The third-order valence-electron chi connectivity index (χ3n) is 4.94. The zero-order valence-electron chi connectivity index (χ0n) is 15.1. The number of carbonyl (C=O) groups is 2. The molecule has 0 bridgehead atoms. The van der Waals surface area contributed by atoms with Crippen LogP contribution in [0.3, 0.4) is 0 Å². The smallest absolute Gasteiger partial charge is 0.246 e. The lowest BCUT2D eigenvalue weighted by Crippen LogP contribution is -2.39. The lowest BCUT2D eigenvalue weighted by molar-refractivity contribution is -0.127. The SMILES string of the molecule is C/C(=C\C(=O)N1CCC(C(=O)c2cc(F)ccc2F)CC1)c1ccccc1. The number of amides is 1. The number of halogens is 2. The molecule has 1 fully saturated rings. The van der Waals surface area contributed by atoms with Crippen LogP contribution in [0.15, 0.2) is 54.6 Å². The minimum atomic E-state index is -0.707. The highest BCUT2D eigenvalue weighted by atomic mass is 19.1. The first-order chi connectivity index (χ1) is 13.0. The number of nitrogens with zero attached hydrogens (tertiary/aromatic N) is 1. The molecule has 0 aromatic heterocycles. The largest absolute Gasteiger partial charge is 0.339 e. The Balaban J connectivity index is 1.62. The number of likely N-dealkylation sites (tertiary alicyclic amines) is 1. The van der Waals surface area contributed by atoms with Crippen LogP contribution in [0.5, 0.6) is 0 Å². The third-order valence-corrected chi connectivity index (χ3v) is 4.94. The fraction of sp³-hybridized carbons (Fsp3) is 0.273. The molecule has 0 N–H and O–H groups in total. The van der Waals surface area contributed by atoms with E-state index in [4.69, 9.17) is 0 Å². The van der Waals surface area contributed by atoms with E-state index in [2.05, 4.69) is 0 Å². The van der Waals surface area contributed by atoms with Crippen molar-refractivity contribution in [2.45, 2.75) is 19.8 Å². The van der Waals surface area contributed by atoms with E-state index < -0.39 is 23.3 Å². The van der Waals surface area contributed by atoms with E-state index in [1.54, 1.807) is 11.0 Å². The molecule has 1 aliphatic heterocycles. The molecule has 140 valence electrons. The topological polar surface area (TPSA) is 37.4 Å². The van der Waals surface area contributed by atoms with Crippen LogP contribution in [0, 0.1) is 17.6 Å². The second-order valence-corrected chi connectivity index (χ2v) is 6.78. The number of hydrogen-bond acceptors (Lipinski definition) is 2. The van der Waals surface area contributed by atoms with Gasteiger partial charge in [-0.3, -0.25) is 9.59 Å². The van der Waals surface area contributed by atoms with Crippen molar-refractivity contribution in [3.63, 3.8) is 0 Å². The van der Waals surface area contributed by atoms with Crippen molar-refractivity contribution in [3.8, 4) is 0 Å². The zero-order valence-corrected chi connectivity index (χ0v) is 15.1. The highest BCUT2D eigenvalue weighted by Crippen LogP contribution is 2.24. The predicted molar refractivity (Wildman–Crippen MR) is 100 cm³/mol. The van der Waals surface area contributed by atoms with Gasteiger partial charge < -0.3 is 4.90 Å². The van der Waals surface area contributed by atoms with Gasteiger partial charge in [-0.05, 0) is 49.1 Å². The third kappa shape index (κ3) is 4.48. The maximum Gasteiger partial charge on any atom is 0.246 e. The number of hydrogen-bond donors (Lipinski definition) is 0. The van der Waals surface area contributed by atoms with E-state index in [-0.39, 0.29) is 11.5 Å². The minimum Gasteiger partial charge on any atom is -0.339 e. The summed E-state index contributed by atoms with van der Waals surface area (Å²) in [5, 5.41) is 0. The van der Waals surface area contributed by atoms with E-state index in [1.807, 2.05) is 37.3 Å². The molecule has 3 rings (SSSR count). The van der Waals surface area contributed by atoms with Gasteiger partial charge in [-0.15, -0.1) is 0 Å². The molecule has 2 aromatic carbocycles. The molecule has 1 saturated heterocycles. The Kier molecular flexibility index (Phi) is 5.79. The fourth-order valence-electron chi connectivity index (χ4n) is 3.33. The molecule has 5 heteroatoms. The lowest BCUT2D eigenvalue weighted by atomic mass is 9.88. The molecular weight excluding hydrogens is 348 g/mol. The van der Waals surface area contributed by atoms with Crippen LogP contribution < -0.4 is 0 Å². The zero-order chi connectivity index (χ0) is 19.4. The summed E-state index contributed by atoms with van der Waals surface area (Å²) in [6.07, 6.45) is 2.49. The standard InChI is InChI=1S/C22H21F2NO2/c1-15(16-5-3-2-4-6-16)13-21(26)25-11-9-17(10-12-25)22(27)19-14-18(23)7-8-20(19)24/h2-8,13-14,17H,9-12H2,1H3/b15-13+. The van der Waals surface area contributed by atoms with Crippen LogP contribution in [0.1, 0.15) is 35.7 Å². The van der Waals surface area contributed by atoms with E-state index in [0.29, 0.717) is 25.9 Å². The van der Waals surface area contributed by atoms with E-state index >= 15 is 0 Å². The molecule has 2 aromatic rings. The quantitative estimate of drug-likeness (QED) is 0.588. The minimum absolute atomic E-state index is 0.0980. The second-order valence-electron chi connectivity index (χ2n) is 6.78. The normalized spacial score (nSPS) is 15.7. The summed E-state index contributed by atoms with van der Waals surface area (Å²) in [5.41, 5.74) is 1.65. The van der Waals surface area contributed by atoms with Crippen molar-refractivity contribution in [3.05, 3.63) is 77.4 Å². The van der Waals surface area contributed by atoms with Crippen LogP contribution >= 0.6 is 0 Å². The number of rotatable bonds is 4. The van der Waals surface area contributed by atoms with Gasteiger partial charge >= 0.3 is 0 Å². The molecule has 0 spiro atoms. The summed E-state index contributed by atoms with van der Waals surface area (Å²) in [7, 11) is 0. The molecule has 1 amide bonds. The van der Waals surface area contributed by atoms with Crippen molar-refractivity contribution in [1.29, 1.82) is 0 Å². The molecule has 0 aliphatic carbocycles. The summed E-state index contributed by atoms with van der Waals surface area (Å²) >= 11 is 0. The number of benzene rings is 2. The maximum atomic E-state index is 13.8. The molecule has 1 heterocycles. The van der Waals surface area contributed by atoms with Crippen molar-refractivity contribution < 1.29 is 18.4 Å². The second kappa shape index (κ2) is 8.25. The fourth-order valence-corrected chi connectivity index (χ4v) is 3.33. The first-order valence-corrected chi connectivity index (χ1v) is 8.97. The molecule has 0 saturated carbocycles. The van der Waals surface area contributed by atoms with E-state index in [1.165, 1.54) is 0 Å². The van der Waals surface area contributed by atoms with Gasteiger partial charge in [0.25, 0.3) is 0 Å². The van der Waals surface area contributed by atoms with Gasteiger partial charge in [0.15, 0.2) is 5.78 Å². The summed E-state index contributed by atoms with van der Waals surface area (Å²) in [4.78, 5) is 26.7. The van der Waals surface area contributed by atoms with Crippen LogP contribution in [-0.2, 0) is 4.79 Å². The van der Waals surface area contributed by atoms with E-state index in [0.717, 1.165) is 29.3 Å². The molecule has 0 radical (unpaired) electrons. The lowest BCUT2D eigenvalue weighted by Gasteiger charge is -2.30. The predicted octanol–water partition coefficient (Wildman–Crippen LogP) is 4.49. The molecule has 1 aliphatic rings. The van der Waals surface area contributed by atoms with Crippen molar-refractivity contribution >= 4 is 17.3 Å². The van der Waals surface area contributed by atoms with Crippen molar-refractivity contribution in [2.75, 3.05) is 13.1 Å². The summed E-state index contributed by atoms with van der Waals surface area (Å²) < 4.78 is 27.2. The number of Topliss-reactive ketones (excluding diaryl/α,β-unsaturated/α-hetero) is 1. The van der Waals surface area contributed by atoms with Gasteiger partial charge in [0.05, 0.1) is 5.56 Å². The summed E-state index contributed by atoms with van der Waals surface area (Å²) in [6, 6.07) is 12.5. The monoisotopic (exact) mass is 369 g/mol. The Hall–Kier alpha value is -2.82. The van der Waals surface area contributed by atoms with Crippen LogP contribution in [0.4, 0.5) is 8.78 Å². The molecule has 0 unspecified atom stereocenters. The number of piperidine rings is 1. The van der Waals surface area contributed by atoms with E-state index in [9.17, 15) is 18.4 Å². The van der Waals surface area contributed by atoms with Crippen LogP contribution in [0.25, 0.3) is 5.57 Å². The first-order valence-electron chi connectivity index (χ1n) is 8.97. The Bertz CT molecular complexity index is 869. The Morgan fingerprint density at radius 1 is 1.04 bits per heavy atom. The molecule has 0 atom stereocenters. The van der Waals surface area contributed by atoms with Crippen molar-refractivity contribution in [2.24, 2.45) is 5.92 Å². The highest BCUT2D eigenvalue weighted by molar-refractivity contribution is 5.98. The van der Waals surface area contributed by atoms with Gasteiger partial charge in [-0.25, -0.2) is 8.78 Å². The number of carbonyl (C=O) groups excluding carboxylic acids is 2. The Labute approximate surface area is 157 Å². The molecule has 3 nitrogen and oxygen atoms in total. The average molecular weight is 369 g/mol. The number of allylic oxidation sites excluding steroid dienone is 1. The maximum absolute atomic E-state index is 13.8. The highest BCUT2D eigenvalue weighted by Gasteiger charge is 2.29. The summed E-state index contributed by atoms with van der Waals surface area (Å²) in [6.45, 7) is 2.73. The molecule has 27 heavy (non-hydrogen) atoms. The van der Waals surface area contributed by atoms with Gasteiger partial charge in [0.1, 0.15) is 11.6 Å². The van der Waals surface area contributed by atoms with Gasteiger partial charge in [0.2, 0.25) is 5.91 Å². The Morgan fingerprint density at radius 2 is 1.70 bits per heavy atom. The van der Waals surface area contributed by atoms with Crippen LogP contribution in [0.2, 0.25) is 0 Å².